The Hall–Kier alpha value is -0.0800. The minimum atomic E-state index is 0.155. The second-order valence-electron chi connectivity index (χ2n) is 5.98. The van der Waals surface area contributed by atoms with Crippen LogP contribution in [0.15, 0.2) is 0 Å². The molecule has 0 unspecified atom stereocenters. The molecular weight excluding hydrogens is 176 g/mol. The zero-order valence-electron chi connectivity index (χ0n) is 10.4. The van der Waals surface area contributed by atoms with Crippen molar-refractivity contribution in [2.75, 3.05) is 13.2 Å². The van der Waals surface area contributed by atoms with Crippen LogP contribution in [-0.2, 0) is 9.78 Å². The summed E-state index contributed by atoms with van der Waals surface area (Å²) in [6.07, 6.45) is 1.15. The molecule has 1 aliphatic heterocycles. The summed E-state index contributed by atoms with van der Waals surface area (Å²) in [5, 5.41) is 0. The van der Waals surface area contributed by atoms with Crippen LogP contribution >= 0.6 is 0 Å². The first-order valence-electron chi connectivity index (χ1n) is 5.51. The molecule has 1 rings (SSSR count). The lowest BCUT2D eigenvalue weighted by atomic mass is 9.53. The second kappa shape index (κ2) is 3.49. The van der Waals surface area contributed by atoms with Gasteiger partial charge in [-0.25, -0.2) is 9.78 Å². The summed E-state index contributed by atoms with van der Waals surface area (Å²) in [5.41, 5.74) is 0.556. The predicted molar refractivity (Wildman–Crippen MR) is 57.9 cm³/mol. The van der Waals surface area contributed by atoms with Gasteiger partial charge in [-0.05, 0) is 22.7 Å². The SMILES string of the molecule is CCC1(C)C(C)(C)COOCC1(C)C. The summed E-state index contributed by atoms with van der Waals surface area (Å²) in [7, 11) is 0. The van der Waals surface area contributed by atoms with Crippen LogP contribution in [0.4, 0.5) is 0 Å². The summed E-state index contributed by atoms with van der Waals surface area (Å²) in [6, 6.07) is 0. The van der Waals surface area contributed by atoms with Gasteiger partial charge in [0.25, 0.3) is 0 Å². The molecule has 0 atom stereocenters. The molecule has 84 valence electrons. The highest BCUT2D eigenvalue weighted by atomic mass is 17.2. The van der Waals surface area contributed by atoms with E-state index < -0.39 is 0 Å². The van der Waals surface area contributed by atoms with Crippen LogP contribution in [0.1, 0.15) is 48.0 Å². The molecule has 0 aromatic rings. The van der Waals surface area contributed by atoms with E-state index in [2.05, 4.69) is 41.5 Å². The maximum absolute atomic E-state index is 5.24. The number of hydrogen-bond donors (Lipinski definition) is 0. The maximum Gasteiger partial charge on any atom is 0.0878 e. The van der Waals surface area contributed by atoms with Gasteiger partial charge in [0.05, 0.1) is 13.2 Å². The van der Waals surface area contributed by atoms with Crippen molar-refractivity contribution in [1.82, 2.24) is 0 Å². The minimum absolute atomic E-state index is 0.155. The molecule has 1 saturated heterocycles. The van der Waals surface area contributed by atoms with Gasteiger partial charge in [-0.1, -0.05) is 41.5 Å². The zero-order chi connectivity index (χ0) is 11.0. The monoisotopic (exact) mass is 200 g/mol. The van der Waals surface area contributed by atoms with Gasteiger partial charge in [0.15, 0.2) is 0 Å². The van der Waals surface area contributed by atoms with E-state index in [1.807, 2.05) is 0 Å². The Morgan fingerprint density at radius 2 is 1.21 bits per heavy atom. The molecule has 2 heteroatoms. The van der Waals surface area contributed by atoms with Crippen molar-refractivity contribution in [2.45, 2.75) is 48.0 Å². The van der Waals surface area contributed by atoms with Crippen LogP contribution < -0.4 is 0 Å². The van der Waals surface area contributed by atoms with E-state index in [0.29, 0.717) is 13.2 Å². The van der Waals surface area contributed by atoms with Crippen LogP contribution in [0.25, 0.3) is 0 Å². The van der Waals surface area contributed by atoms with Crippen molar-refractivity contribution in [3.8, 4) is 0 Å². The van der Waals surface area contributed by atoms with Crippen LogP contribution in [0.3, 0.4) is 0 Å². The molecule has 1 aliphatic rings. The molecule has 14 heavy (non-hydrogen) atoms. The molecule has 0 aromatic heterocycles. The molecule has 0 radical (unpaired) electrons. The van der Waals surface area contributed by atoms with E-state index in [-0.39, 0.29) is 16.2 Å². The standard InChI is InChI=1S/C12H24O2/c1-7-12(6)10(2,3)8-13-14-9-11(12,4)5/h7-9H2,1-6H3. The fraction of sp³-hybridized carbons (Fsp3) is 1.00. The van der Waals surface area contributed by atoms with Gasteiger partial charge in [-0.3, -0.25) is 0 Å². The molecule has 0 bridgehead atoms. The fourth-order valence-electron chi connectivity index (χ4n) is 2.57. The van der Waals surface area contributed by atoms with E-state index in [9.17, 15) is 0 Å². The highest BCUT2D eigenvalue weighted by Crippen LogP contribution is 2.55. The van der Waals surface area contributed by atoms with Crippen LogP contribution in [0.5, 0.6) is 0 Å². The van der Waals surface area contributed by atoms with Gasteiger partial charge in [0.1, 0.15) is 0 Å². The van der Waals surface area contributed by atoms with E-state index in [0.717, 1.165) is 6.42 Å². The van der Waals surface area contributed by atoms with Crippen molar-refractivity contribution >= 4 is 0 Å². The van der Waals surface area contributed by atoms with E-state index in [1.165, 1.54) is 0 Å². The third-order valence-electron chi connectivity index (χ3n) is 4.62. The molecule has 0 amide bonds. The average Bonchev–Trinajstić information content (AvgIpc) is 2.16. The summed E-state index contributed by atoms with van der Waals surface area (Å²) >= 11 is 0. The molecule has 1 fully saturated rings. The van der Waals surface area contributed by atoms with Gasteiger partial charge in [0.2, 0.25) is 0 Å². The van der Waals surface area contributed by atoms with E-state index in [1.54, 1.807) is 0 Å². The first-order chi connectivity index (χ1) is 6.27. The van der Waals surface area contributed by atoms with Crippen molar-refractivity contribution in [3.63, 3.8) is 0 Å². The second-order valence-corrected chi connectivity index (χ2v) is 5.98. The Balaban J connectivity index is 3.10. The molecule has 0 saturated carbocycles. The van der Waals surface area contributed by atoms with Gasteiger partial charge in [0, 0.05) is 0 Å². The first-order valence-corrected chi connectivity index (χ1v) is 5.51. The fourth-order valence-corrected chi connectivity index (χ4v) is 2.57. The normalized spacial score (nSPS) is 29.6. The molecule has 1 heterocycles. The van der Waals surface area contributed by atoms with Gasteiger partial charge < -0.3 is 0 Å². The third kappa shape index (κ3) is 1.59. The Kier molecular flexibility index (Phi) is 2.99. The number of rotatable bonds is 1. The predicted octanol–water partition coefficient (Wildman–Crippen LogP) is 3.42. The summed E-state index contributed by atoms with van der Waals surface area (Å²) in [5.74, 6) is 0. The lowest BCUT2D eigenvalue weighted by molar-refractivity contribution is -0.304. The first kappa shape index (κ1) is 12.0. The van der Waals surface area contributed by atoms with Crippen molar-refractivity contribution in [2.24, 2.45) is 16.2 Å². The van der Waals surface area contributed by atoms with Crippen molar-refractivity contribution in [1.29, 1.82) is 0 Å². The third-order valence-corrected chi connectivity index (χ3v) is 4.62. The van der Waals surface area contributed by atoms with Gasteiger partial charge >= 0.3 is 0 Å². The summed E-state index contributed by atoms with van der Waals surface area (Å²) < 4.78 is 0. The van der Waals surface area contributed by atoms with E-state index >= 15 is 0 Å². The summed E-state index contributed by atoms with van der Waals surface area (Å²) in [4.78, 5) is 10.5. The highest BCUT2D eigenvalue weighted by Gasteiger charge is 2.52. The Morgan fingerprint density at radius 1 is 0.857 bits per heavy atom. The van der Waals surface area contributed by atoms with Crippen LogP contribution in [0.2, 0.25) is 0 Å². The van der Waals surface area contributed by atoms with Crippen LogP contribution in [-0.4, -0.2) is 13.2 Å². The molecule has 0 spiro atoms. The number of hydrogen-bond acceptors (Lipinski definition) is 2. The largest absolute Gasteiger partial charge is 0.236 e. The Morgan fingerprint density at radius 3 is 1.50 bits per heavy atom. The molecule has 0 N–H and O–H groups in total. The highest BCUT2D eigenvalue weighted by molar-refractivity contribution is 4.99. The Bertz CT molecular complexity index is 188. The average molecular weight is 200 g/mol. The minimum Gasteiger partial charge on any atom is -0.236 e. The van der Waals surface area contributed by atoms with Gasteiger partial charge in [-0.2, -0.15) is 0 Å². The quantitative estimate of drug-likeness (QED) is 0.604. The van der Waals surface area contributed by atoms with Crippen molar-refractivity contribution in [3.05, 3.63) is 0 Å². The van der Waals surface area contributed by atoms with Crippen LogP contribution in [0, 0.1) is 16.2 Å². The molecule has 2 nitrogen and oxygen atoms in total. The smallest absolute Gasteiger partial charge is 0.0878 e. The van der Waals surface area contributed by atoms with Crippen molar-refractivity contribution < 1.29 is 9.78 Å². The molecular formula is C12H24O2. The Labute approximate surface area is 87.9 Å². The molecule has 0 aliphatic carbocycles. The zero-order valence-corrected chi connectivity index (χ0v) is 10.4. The maximum atomic E-state index is 5.24. The lowest BCUT2D eigenvalue weighted by Crippen LogP contribution is -2.48. The van der Waals surface area contributed by atoms with Gasteiger partial charge in [-0.15, -0.1) is 0 Å². The molecule has 0 aromatic carbocycles. The topological polar surface area (TPSA) is 18.5 Å². The van der Waals surface area contributed by atoms with E-state index in [4.69, 9.17) is 9.78 Å². The summed E-state index contributed by atoms with van der Waals surface area (Å²) in [6.45, 7) is 15.1. The lowest BCUT2D eigenvalue weighted by Gasteiger charge is -2.51.